The summed E-state index contributed by atoms with van der Waals surface area (Å²) < 4.78 is 0. The first-order chi connectivity index (χ1) is 9.93. The maximum atomic E-state index is 12.5. The standard InChI is InChI=1S/C14H17Cl2N3O2/c1-18-13(20)8-3-2-4-19(7-8)14(21)9-5-10(15)12(17)11(16)6-9/h5-6,8H,2-4,7,17H2,1H3,(H,18,20). The van der Waals surface area contributed by atoms with Crippen LogP contribution in [0.5, 0.6) is 0 Å². The summed E-state index contributed by atoms with van der Waals surface area (Å²) in [6, 6.07) is 3.02. The van der Waals surface area contributed by atoms with E-state index in [9.17, 15) is 9.59 Å². The van der Waals surface area contributed by atoms with Crippen LogP contribution >= 0.6 is 23.2 Å². The number of benzene rings is 1. The molecule has 0 saturated carbocycles. The molecular formula is C14H17Cl2N3O2. The number of carbonyl (C=O) groups excluding carboxylic acids is 2. The SMILES string of the molecule is CNC(=O)C1CCCN(C(=O)c2cc(Cl)c(N)c(Cl)c2)C1. The van der Waals surface area contributed by atoms with Crippen molar-refractivity contribution >= 4 is 40.7 Å². The number of nitrogens with one attached hydrogen (secondary N) is 1. The molecule has 0 spiro atoms. The number of anilines is 1. The van der Waals surface area contributed by atoms with Crippen molar-refractivity contribution in [1.82, 2.24) is 10.2 Å². The molecule has 1 unspecified atom stereocenters. The van der Waals surface area contributed by atoms with Gasteiger partial charge in [-0.3, -0.25) is 9.59 Å². The fourth-order valence-corrected chi connectivity index (χ4v) is 2.96. The van der Waals surface area contributed by atoms with E-state index in [4.69, 9.17) is 28.9 Å². The predicted molar refractivity (Wildman–Crippen MR) is 83.6 cm³/mol. The molecular weight excluding hydrogens is 313 g/mol. The highest BCUT2D eigenvalue weighted by Crippen LogP contribution is 2.30. The first-order valence-corrected chi connectivity index (χ1v) is 7.45. The largest absolute Gasteiger partial charge is 0.396 e. The summed E-state index contributed by atoms with van der Waals surface area (Å²) in [5.74, 6) is -0.402. The fraction of sp³-hybridized carbons (Fsp3) is 0.429. The van der Waals surface area contributed by atoms with E-state index in [1.165, 1.54) is 12.1 Å². The number of amides is 2. The monoisotopic (exact) mass is 329 g/mol. The van der Waals surface area contributed by atoms with E-state index in [1.54, 1.807) is 11.9 Å². The lowest BCUT2D eigenvalue weighted by atomic mass is 9.96. The van der Waals surface area contributed by atoms with Gasteiger partial charge in [-0.25, -0.2) is 0 Å². The second-order valence-corrected chi connectivity index (χ2v) is 5.87. The van der Waals surface area contributed by atoms with Gasteiger partial charge in [-0.1, -0.05) is 23.2 Å². The van der Waals surface area contributed by atoms with Crippen molar-refractivity contribution in [1.29, 1.82) is 0 Å². The summed E-state index contributed by atoms with van der Waals surface area (Å²) >= 11 is 11.9. The molecule has 1 atom stereocenters. The van der Waals surface area contributed by atoms with E-state index in [2.05, 4.69) is 5.32 Å². The molecule has 7 heteroatoms. The molecule has 0 bridgehead atoms. The number of halogens is 2. The van der Waals surface area contributed by atoms with Gasteiger partial charge in [-0.05, 0) is 25.0 Å². The zero-order valence-corrected chi connectivity index (χ0v) is 13.2. The van der Waals surface area contributed by atoms with Crippen LogP contribution in [-0.4, -0.2) is 36.9 Å². The fourth-order valence-electron chi connectivity index (χ4n) is 2.47. The van der Waals surface area contributed by atoms with Crippen molar-refractivity contribution in [3.8, 4) is 0 Å². The number of hydrogen-bond donors (Lipinski definition) is 2. The van der Waals surface area contributed by atoms with E-state index in [1.807, 2.05) is 0 Å². The molecule has 0 aliphatic carbocycles. The molecule has 5 nitrogen and oxygen atoms in total. The minimum atomic E-state index is -0.188. The third-order valence-corrected chi connectivity index (χ3v) is 4.28. The quantitative estimate of drug-likeness (QED) is 0.816. The number of rotatable bonds is 2. The molecule has 21 heavy (non-hydrogen) atoms. The summed E-state index contributed by atoms with van der Waals surface area (Å²) in [5, 5.41) is 3.13. The zero-order valence-electron chi connectivity index (χ0n) is 11.7. The molecule has 1 heterocycles. The van der Waals surface area contributed by atoms with Crippen molar-refractivity contribution in [3.05, 3.63) is 27.7 Å². The Labute approximate surface area is 133 Å². The Morgan fingerprint density at radius 3 is 2.52 bits per heavy atom. The van der Waals surface area contributed by atoms with E-state index >= 15 is 0 Å². The number of likely N-dealkylation sites (tertiary alicyclic amines) is 1. The van der Waals surface area contributed by atoms with Crippen LogP contribution in [0.2, 0.25) is 10.0 Å². The van der Waals surface area contributed by atoms with Crippen LogP contribution < -0.4 is 11.1 Å². The van der Waals surface area contributed by atoms with Crippen molar-refractivity contribution in [2.75, 3.05) is 25.9 Å². The summed E-state index contributed by atoms with van der Waals surface area (Å²) in [7, 11) is 1.60. The average Bonchev–Trinajstić information content (AvgIpc) is 2.50. The van der Waals surface area contributed by atoms with Gasteiger partial charge in [0.1, 0.15) is 0 Å². The number of piperidine rings is 1. The number of nitrogens with two attached hydrogens (primary N) is 1. The molecule has 1 aromatic carbocycles. The lowest BCUT2D eigenvalue weighted by Crippen LogP contribution is -2.44. The van der Waals surface area contributed by atoms with Gasteiger partial charge in [0.25, 0.3) is 5.91 Å². The van der Waals surface area contributed by atoms with Crippen molar-refractivity contribution in [3.63, 3.8) is 0 Å². The molecule has 2 rings (SSSR count). The smallest absolute Gasteiger partial charge is 0.253 e. The second kappa shape index (κ2) is 6.54. The molecule has 1 aromatic rings. The first kappa shape index (κ1) is 15.9. The van der Waals surface area contributed by atoms with E-state index in [-0.39, 0.29) is 33.5 Å². The van der Waals surface area contributed by atoms with Gasteiger partial charge in [0.15, 0.2) is 0 Å². The second-order valence-electron chi connectivity index (χ2n) is 5.06. The normalized spacial score (nSPS) is 18.4. The molecule has 1 aliphatic heterocycles. The van der Waals surface area contributed by atoms with Crippen LogP contribution in [-0.2, 0) is 4.79 Å². The maximum Gasteiger partial charge on any atom is 0.253 e. The molecule has 2 amide bonds. The number of carbonyl (C=O) groups is 2. The third-order valence-electron chi connectivity index (χ3n) is 3.65. The summed E-state index contributed by atoms with van der Waals surface area (Å²) in [5.41, 5.74) is 6.31. The first-order valence-electron chi connectivity index (χ1n) is 6.69. The van der Waals surface area contributed by atoms with Gasteiger partial charge in [0.05, 0.1) is 21.7 Å². The molecule has 3 N–H and O–H groups in total. The van der Waals surface area contributed by atoms with Crippen molar-refractivity contribution in [2.24, 2.45) is 5.92 Å². The Bertz CT molecular complexity index is 554. The minimum absolute atomic E-state index is 0.0409. The number of nitrogen functional groups attached to an aromatic ring is 1. The Balaban J connectivity index is 2.18. The summed E-state index contributed by atoms with van der Waals surface area (Å²) in [6.07, 6.45) is 1.58. The number of hydrogen-bond acceptors (Lipinski definition) is 3. The van der Waals surface area contributed by atoms with Crippen LogP contribution in [0.25, 0.3) is 0 Å². The molecule has 114 valence electrons. The van der Waals surface area contributed by atoms with E-state index in [0.29, 0.717) is 18.7 Å². The predicted octanol–water partition coefficient (Wildman–Crippen LogP) is 2.17. The molecule has 1 saturated heterocycles. The van der Waals surface area contributed by atoms with Crippen molar-refractivity contribution < 1.29 is 9.59 Å². The molecule has 0 radical (unpaired) electrons. The highest BCUT2D eigenvalue weighted by Gasteiger charge is 2.28. The van der Waals surface area contributed by atoms with Gasteiger partial charge in [0.2, 0.25) is 5.91 Å². The van der Waals surface area contributed by atoms with Gasteiger partial charge in [-0.2, -0.15) is 0 Å². The van der Waals surface area contributed by atoms with Gasteiger partial charge in [0, 0.05) is 25.7 Å². The number of nitrogens with zero attached hydrogens (tertiary/aromatic N) is 1. The van der Waals surface area contributed by atoms with Gasteiger partial charge in [-0.15, -0.1) is 0 Å². The Morgan fingerprint density at radius 1 is 1.33 bits per heavy atom. The van der Waals surface area contributed by atoms with E-state index in [0.717, 1.165) is 12.8 Å². The Morgan fingerprint density at radius 2 is 1.95 bits per heavy atom. The minimum Gasteiger partial charge on any atom is -0.396 e. The summed E-state index contributed by atoms with van der Waals surface area (Å²) in [6.45, 7) is 1.02. The van der Waals surface area contributed by atoms with Gasteiger partial charge >= 0.3 is 0 Å². The van der Waals surface area contributed by atoms with Gasteiger partial charge < -0.3 is 16.0 Å². The average molecular weight is 330 g/mol. The van der Waals surface area contributed by atoms with Crippen molar-refractivity contribution in [2.45, 2.75) is 12.8 Å². The summed E-state index contributed by atoms with van der Waals surface area (Å²) in [4.78, 5) is 25.9. The lowest BCUT2D eigenvalue weighted by molar-refractivity contribution is -0.125. The highest BCUT2D eigenvalue weighted by atomic mass is 35.5. The van der Waals surface area contributed by atoms with Crippen LogP contribution in [0.15, 0.2) is 12.1 Å². The molecule has 0 aromatic heterocycles. The maximum absolute atomic E-state index is 12.5. The van der Waals surface area contributed by atoms with E-state index < -0.39 is 0 Å². The topological polar surface area (TPSA) is 75.4 Å². The van der Waals surface area contributed by atoms with Crippen LogP contribution in [0.4, 0.5) is 5.69 Å². The van der Waals surface area contributed by atoms with Crippen LogP contribution in [0, 0.1) is 5.92 Å². The Kier molecular flexibility index (Phi) is 4.96. The highest BCUT2D eigenvalue weighted by molar-refractivity contribution is 6.39. The molecule has 1 aliphatic rings. The zero-order chi connectivity index (χ0) is 15.6. The molecule has 1 fully saturated rings. The Hall–Kier alpha value is -1.46. The van der Waals surface area contributed by atoms with Crippen LogP contribution in [0.1, 0.15) is 23.2 Å². The lowest BCUT2D eigenvalue weighted by Gasteiger charge is -2.32. The third kappa shape index (κ3) is 3.41. The van der Waals surface area contributed by atoms with Crippen LogP contribution in [0.3, 0.4) is 0 Å².